The Morgan fingerprint density at radius 1 is 1.15 bits per heavy atom. The molecule has 0 radical (unpaired) electrons. The van der Waals surface area contributed by atoms with Gasteiger partial charge in [-0.1, -0.05) is 18.2 Å². The number of carboxylic acid groups (broad SMARTS) is 1. The molecule has 7 heteroatoms. The van der Waals surface area contributed by atoms with Gasteiger partial charge >= 0.3 is 5.97 Å². The van der Waals surface area contributed by atoms with Gasteiger partial charge in [-0.3, -0.25) is 4.79 Å². The second kappa shape index (κ2) is 7.11. The van der Waals surface area contributed by atoms with Crippen molar-refractivity contribution in [3.63, 3.8) is 0 Å². The van der Waals surface area contributed by atoms with Crippen LogP contribution in [0.2, 0.25) is 0 Å². The van der Waals surface area contributed by atoms with Crippen LogP contribution in [0.1, 0.15) is 29.5 Å². The van der Waals surface area contributed by atoms with Crippen molar-refractivity contribution in [2.24, 2.45) is 5.92 Å². The number of methoxy groups -OCH3 is 1. The largest absolute Gasteiger partial charge is 0.497 e. The van der Waals surface area contributed by atoms with Crippen molar-refractivity contribution in [2.45, 2.75) is 18.4 Å². The lowest BCUT2D eigenvalue weighted by atomic mass is 10.1. The zero-order valence-electron chi connectivity index (χ0n) is 13.9. The Morgan fingerprint density at radius 2 is 1.77 bits per heavy atom. The quantitative estimate of drug-likeness (QED) is 0.829. The van der Waals surface area contributed by atoms with Gasteiger partial charge in [-0.15, -0.1) is 0 Å². The van der Waals surface area contributed by atoms with Gasteiger partial charge in [-0.25, -0.2) is 13.6 Å². The number of rotatable bonds is 6. The Morgan fingerprint density at radius 3 is 2.31 bits per heavy atom. The summed E-state index contributed by atoms with van der Waals surface area (Å²) < 4.78 is 32.7. The van der Waals surface area contributed by atoms with Crippen LogP contribution in [0.4, 0.5) is 8.78 Å². The molecule has 3 unspecified atom stereocenters. The van der Waals surface area contributed by atoms with Crippen LogP contribution >= 0.6 is 0 Å². The van der Waals surface area contributed by atoms with Crippen molar-refractivity contribution in [1.29, 1.82) is 0 Å². The van der Waals surface area contributed by atoms with Gasteiger partial charge in [0, 0.05) is 17.4 Å². The topological polar surface area (TPSA) is 75.6 Å². The first-order valence-electron chi connectivity index (χ1n) is 8.03. The number of carbonyl (C=O) groups excluding carboxylic acids is 1. The van der Waals surface area contributed by atoms with Crippen molar-refractivity contribution in [1.82, 2.24) is 5.32 Å². The monoisotopic (exact) mass is 361 g/mol. The summed E-state index contributed by atoms with van der Waals surface area (Å²) in [6.07, 6.45) is 0.276. The number of ether oxygens (including phenoxy) is 1. The summed E-state index contributed by atoms with van der Waals surface area (Å²) in [5.74, 6) is -3.84. The molecule has 0 spiro atoms. The predicted molar refractivity (Wildman–Crippen MR) is 88.7 cm³/mol. The molecule has 136 valence electrons. The fourth-order valence-corrected chi connectivity index (χ4v) is 3.00. The number of carboxylic acids is 1. The maximum absolute atomic E-state index is 13.8. The molecule has 1 fully saturated rings. The first-order valence-corrected chi connectivity index (χ1v) is 8.03. The van der Waals surface area contributed by atoms with E-state index in [1.165, 1.54) is 13.2 Å². The zero-order chi connectivity index (χ0) is 18.8. The van der Waals surface area contributed by atoms with E-state index >= 15 is 0 Å². The third-order valence-corrected chi connectivity index (χ3v) is 4.48. The van der Waals surface area contributed by atoms with Gasteiger partial charge in [0.25, 0.3) is 0 Å². The predicted octanol–water partition coefficient (Wildman–Crippen LogP) is 3.02. The van der Waals surface area contributed by atoms with Crippen LogP contribution < -0.4 is 10.1 Å². The van der Waals surface area contributed by atoms with Crippen LogP contribution in [0.3, 0.4) is 0 Å². The number of hydrogen-bond acceptors (Lipinski definition) is 3. The van der Waals surface area contributed by atoms with E-state index in [4.69, 9.17) is 4.74 Å². The summed E-state index contributed by atoms with van der Waals surface area (Å²) in [5, 5.41) is 11.9. The van der Waals surface area contributed by atoms with E-state index in [1.807, 2.05) is 0 Å². The molecule has 1 saturated carbocycles. The first kappa shape index (κ1) is 17.8. The molecule has 3 rings (SSSR count). The molecule has 0 heterocycles. The smallest absolute Gasteiger partial charge is 0.330 e. The van der Waals surface area contributed by atoms with Gasteiger partial charge in [0.05, 0.1) is 7.11 Å². The number of amides is 1. The molecule has 5 nitrogen and oxygen atoms in total. The lowest BCUT2D eigenvalue weighted by molar-refractivity contribution is -0.142. The van der Waals surface area contributed by atoms with Crippen LogP contribution in [-0.4, -0.2) is 24.1 Å². The summed E-state index contributed by atoms with van der Waals surface area (Å²) in [6, 6.07) is 8.55. The minimum Gasteiger partial charge on any atom is -0.497 e. The van der Waals surface area contributed by atoms with E-state index in [9.17, 15) is 23.5 Å². The standard InChI is InChI=1S/C19H17F2NO4/c1-26-11-7-5-10(6-8-11)17(19(24)25)22-18(23)13-9-12(13)16-14(20)3-2-4-15(16)21/h2-8,12-13,17H,9H2,1H3,(H,22,23)(H,24,25). The number of benzene rings is 2. The normalized spacial score (nSPS) is 19.5. The van der Waals surface area contributed by atoms with Crippen molar-refractivity contribution in [2.75, 3.05) is 7.11 Å². The van der Waals surface area contributed by atoms with Crippen LogP contribution in [0.15, 0.2) is 42.5 Å². The van der Waals surface area contributed by atoms with Crippen molar-refractivity contribution in [3.8, 4) is 5.75 Å². The second-order valence-electron chi connectivity index (χ2n) is 6.14. The van der Waals surface area contributed by atoms with Crippen LogP contribution in [0.25, 0.3) is 0 Å². The molecule has 0 bridgehead atoms. The summed E-state index contributed by atoms with van der Waals surface area (Å²) in [4.78, 5) is 23.9. The zero-order valence-corrected chi connectivity index (χ0v) is 13.9. The van der Waals surface area contributed by atoms with Gasteiger partial charge in [-0.05, 0) is 36.2 Å². The number of aliphatic carboxylic acids is 1. The Bertz CT molecular complexity index is 818. The molecule has 2 aromatic rings. The number of halogens is 2. The molecular formula is C19H17F2NO4. The lowest BCUT2D eigenvalue weighted by Crippen LogP contribution is -2.35. The number of nitrogens with one attached hydrogen (secondary N) is 1. The van der Waals surface area contributed by atoms with E-state index < -0.39 is 41.4 Å². The van der Waals surface area contributed by atoms with Gasteiger partial charge in [0.15, 0.2) is 6.04 Å². The molecule has 2 aromatic carbocycles. The second-order valence-corrected chi connectivity index (χ2v) is 6.14. The Labute approximate surface area is 148 Å². The molecule has 0 aliphatic heterocycles. The maximum atomic E-state index is 13.8. The maximum Gasteiger partial charge on any atom is 0.330 e. The van der Waals surface area contributed by atoms with E-state index in [0.717, 1.165) is 12.1 Å². The highest BCUT2D eigenvalue weighted by molar-refractivity contribution is 5.88. The fraction of sp³-hybridized carbons (Fsp3) is 0.263. The fourth-order valence-electron chi connectivity index (χ4n) is 3.00. The van der Waals surface area contributed by atoms with Crippen LogP contribution in [0, 0.1) is 17.6 Å². The average molecular weight is 361 g/mol. The highest BCUT2D eigenvalue weighted by atomic mass is 19.1. The first-order chi connectivity index (χ1) is 12.4. The molecule has 1 aliphatic carbocycles. The van der Waals surface area contributed by atoms with Crippen LogP contribution in [0.5, 0.6) is 5.75 Å². The SMILES string of the molecule is COc1ccc(C(NC(=O)C2CC2c2c(F)cccc2F)C(=O)O)cc1. The van der Waals surface area contributed by atoms with E-state index in [0.29, 0.717) is 11.3 Å². The lowest BCUT2D eigenvalue weighted by Gasteiger charge is -2.15. The van der Waals surface area contributed by atoms with Crippen molar-refractivity contribution < 1.29 is 28.2 Å². The number of hydrogen-bond donors (Lipinski definition) is 2. The average Bonchev–Trinajstić information content (AvgIpc) is 3.39. The van der Waals surface area contributed by atoms with Crippen LogP contribution in [-0.2, 0) is 9.59 Å². The Balaban J connectivity index is 1.72. The summed E-state index contributed by atoms with van der Waals surface area (Å²) in [7, 11) is 1.49. The molecule has 0 aromatic heterocycles. The number of carbonyl (C=O) groups is 2. The molecule has 0 saturated heterocycles. The van der Waals surface area contributed by atoms with Gasteiger partial charge in [-0.2, -0.15) is 0 Å². The third-order valence-electron chi connectivity index (χ3n) is 4.48. The van der Waals surface area contributed by atoms with Gasteiger partial charge in [0.1, 0.15) is 17.4 Å². The highest BCUT2D eigenvalue weighted by Crippen LogP contribution is 2.49. The highest BCUT2D eigenvalue weighted by Gasteiger charge is 2.47. The van der Waals surface area contributed by atoms with Gasteiger partial charge in [0.2, 0.25) is 5.91 Å². The molecule has 2 N–H and O–H groups in total. The molecule has 1 aliphatic rings. The third kappa shape index (κ3) is 3.51. The minimum absolute atomic E-state index is 0.121. The molecular weight excluding hydrogens is 344 g/mol. The van der Waals surface area contributed by atoms with Crippen molar-refractivity contribution in [3.05, 3.63) is 65.2 Å². The Hall–Kier alpha value is -2.96. The van der Waals surface area contributed by atoms with Crippen molar-refractivity contribution >= 4 is 11.9 Å². The Kier molecular flexibility index (Phi) is 4.88. The molecule has 1 amide bonds. The summed E-state index contributed by atoms with van der Waals surface area (Å²) in [6.45, 7) is 0. The summed E-state index contributed by atoms with van der Waals surface area (Å²) >= 11 is 0. The molecule has 26 heavy (non-hydrogen) atoms. The van der Waals surface area contributed by atoms with E-state index in [-0.39, 0.29) is 12.0 Å². The minimum atomic E-state index is -1.25. The summed E-state index contributed by atoms with van der Waals surface area (Å²) in [5.41, 5.74) is 0.255. The van der Waals surface area contributed by atoms with E-state index in [1.54, 1.807) is 24.3 Å². The molecule has 3 atom stereocenters. The van der Waals surface area contributed by atoms with E-state index in [2.05, 4.69) is 5.32 Å². The van der Waals surface area contributed by atoms with Gasteiger partial charge < -0.3 is 15.2 Å².